The monoisotopic (exact) mass is 392 g/mol. The summed E-state index contributed by atoms with van der Waals surface area (Å²) in [5, 5.41) is 3.21. The summed E-state index contributed by atoms with van der Waals surface area (Å²) >= 11 is 0. The highest BCUT2D eigenvalue weighted by atomic mass is 16.5. The van der Waals surface area contributed by atoms with Crippen molar-refractivity contribution in [1.82, 2.24) is 15.3 Å². The van der Waals surface area contributed by atoms with E-state index in [0.717, 1.165) is 30.0 Å². The Morgan fingerprint density at radius 3 is 2.90 bits per heavy atom. The maximum Gasteiger partial charge on any atom is 0.230 e. The molecular formula is C23H28N4O2. The molecule has 1 aromatic heterocycles. The number of allylic oxidation sites excluding steroid dienone is 1. The van der Waals surface area contributed by atoms with Crippen LogP contribution in [0.3, 0.4) is 0 Å². The highest BCUT2D eigenvalue weighted by molar-refractivity contribution is 5.86. The zero-order valence-corrected chi connectivity index (χ0v) is 16.9. The van der Waals surface area contributed by atoms with Gasteiger partial charge in [-0.05, 0) is 49.8 Å². The molecule has 0 atom stereocenters. The minimum absolute atomic E-state index is 0.118. The first-order valence-electron chi connectivity index (χ1n) is 10.3. The van der Waals surface area contributed by atoms with Crippen LogP contribution >= 0.6 is 0 Å². The average Bonchev–Trinajstić information content (AvgIpc) is 2.75. The van der Waals surface area contributed by atoms with E-state index < -0.39 is 5.41 Å². The van der Waals surface area contributed by atoms with Gasteiger partial charge < -0.3 is 15.0 Å². The third-order valence-corrected chi connectivity index (χ3v) is 5.88. The first kappa shape index (κ1) is 19.4. The summed E-state index contributed by atoms with van der Waals surface area (Å²) in [5.41, 5.74) is 1.99. The van der Waals surface area contributed by atoms with Crippen molar-refractivity contribution >= 4 is 11.7 Å². The van der Waals surface area contributed by atoms with Crippen LogP contribution in [0.15, 0.2) is 54.5 Å². The molecule has 1 saturated heterocycles. The van der Waals surface area contributed by atoms with Gasteiger partial charge >= 0.3 is 0 Å². The van der Waals surface area contributed by atoms with Gasteiger partial charge in [-0.2, -0.15) is 0 Å². The van der Waals surface area contributed by atoms with Gasteiger partial charge in [-0.25, -0.2) is 4.98 Å². The molecule has 1 fully saturated rings. The number of nitrogens with zero attached hydrogens (tertiary/aromatic N) is 3. The van der Waals surface area contributed by atoms with Crippen molar-refractivity contribution in [2.24, 2.45) is 5.41 Å². The van der Waals surface area contributed by atoms with Crippen LogP contribution in [0.25, 0.3) is 0 Å². The number of nitrogens with one attached hydrogen (secondary N) is 1. The van der Waals surface area contributed by atoms with Gasteiger partial charge in [0.25, 0.3) is 0 Å². The van der Waals surface area contributed by atoms with Gasteiger partial charge in [0.05, 0.1) is 18.7 Å². The predicted molar refractivity (Wildman–Crippen MR) is 113 cm³/mol. The SMILES string of the molecule is COc1cccc(CC2(C(=O)NCC3=CCCCC3)CN(c3cnccn3)C2)c1. The molecule has 1 aliphatic carbocycles. The molecule has 4 rings (SSSR count). The molecule has 152 valence electrons. The molecule has 2 aliphatic rings. The number of hydrogen-bond donors (Lipinski definition) is 1. The minimum Gasteiger partial charge on any atom is -0.497 e. The lowest BCUT2D eigenvalue weighted by Gasteiger charge is -2.49. The number of methoxy groups -OCH3 is 1. The fraction of sp³-hybridized carbons (Fsp3) is 0.435. The zero-order valence-electron chi connectivity index (χ0n) is 16.9. The summed E-state index contributed by atoms with van der Waals surface area (Å²) in [6.45, 7) is 1.92. The van der Waals surface area contributed by atoms with E-state index in [4.69, 9.17) is 4.74 Å². The number of rotatable bonds is 7. The second kappa shape index (κ2) is 8.64. The first-order valence-corrected chi connectivity index (χ1v) is 10.3. The normalized spacial score (nSPS) is 17.8. The first-order chi connectivity index (χ1) is 14.2. The van der Waals surface area contributed by atoms with Crippen LogP contribution in [0.4, 0.5) is 5.82 Å². The Balaban J connectivity index is 1.49. The second-order valence-electron chi connectivity index (χ2n) is 8.02. The van der Waals surface area contributed by atoms with Gasteiger partial charge in [-0.1, -0.05) is 23.8 Å². The molecule has 0 unspecified atom stereocenters. The standard InChI is InChI=1S/C23H28N4O2/c1-29-20-9-5-8-19(12-20)13-23(16-27(17-23)21-15-24-10-11-25-21)22(28)26-14-18-6-3-2-4-7-18/h5-6,8-12,15H,2-4,7,13-14,16-17H2,1H3,(H,26,28). The van der Waals surface area contributed by atoms with E-state index in [2.05, 4.69) is 32.3 Å². The Labute approximate surface area is 172 Å². The molecule has 6 nitrogen and oxygen atoms in total. The summed E-state index contributed by atoms with van der Waals surface area (Å²) in [4.78, 5) is 23.9. The average molecular weight is 393 g/mol. The molecule has 0 saturated carbocycles. The van der Waals surface area contributed by atoms with Gasteiger partial charge in [0.1, 0.15) is 11.6 Å². The summed E-state index contributed by atoms with van der Waals surface area (Å²) in [6, 6.07) is 7.99. The maximum absolute atomic E-state index is 13.3. The molecule has 2 aromatic rings. The van der Waals surface area contributed by atoms with Gasteiger partial charge in [0, 0.05) is 32.0 Å². The summed E-state index contributed by atoms with van der Waals surface area (Å²) in [7, 11) is 1.67. The van der Waals surface area contributed by atoms with Crippen molar-refractivity contribution in [2.75, 3.05) is 31.6 Å². The number of carbonyl (C=O) groups excluding carboxylic acids is 1. The van der Waals surface area contributed by atoms with E-state index in [1.54, 1.807) is 25.7 Å². The number of carbonyl (C=O) groups is 1. The van der Waals surface area contributed by atoms with Crippen molar-refractivity contribution < 1.29 is 9.53 Å². The van der Waals surface area contributed by atoms with Crippen molar-refractivity contribution in [3.8, 4) is 5.75 Å². The number of benzene rings is 1. The quantitative estimate of drug-likeness (QED) is 0.733. The molecular weight excluding hydrogens is 364 g/mol. The van der Waals surface area contributed by atoms with Gasteiger partial charge in [-0.3, -0.25) is 9.78 Å². The Morgan fingerprint density at radius 1 is 1.28 bits per heavy atom. The third-order valence-electron chi connectivity index (χ3n) is 5.88. The van der Waals surface area contributed by atoms with Crippen LogP contribution in [-0.4, -0.2) is 42.6 Å². The Morgan fingerprint density at radius 2 is 2.17 bits per heavy atom. The smallest absolute Gasteiger partial charge is 0.230 e. The number of aromatic nitrogens is 2. The highest BCUT2D eigenvalue weighted by Gasteiger charge is 2.49. The van der Waals surface area contributed by atoms with Crippen LogP contribution in [0.1, 0.15) is 31.2 Å². The summed E-state index contributed by atoms with van der Waals surface area (Å²) < 4.78 is 5.36. The Kier molecular flexibility index (Phi) is 5.79. The fourth-order valence-electron chi connectivity index (χ4n) is 4.26. The van der Waals surface area contributed by atoms with E-state index in [1.807, 2.05) is 18.2 Å². The van der Waals surface area contributed by atoms with Gasteiger partial charge in [-0.15, -0.1) is 0 Å². The van der Waals surface area contributed by atoms with Gasteiger partial charge in [0.15, 0.2) is 0 Å². The maximum atomic E-state index is 13.3. The van der Waals surface area contributed by atoms with Crippen LogP contribution in [0, 0.1) is 5.41 Å². The topological polar surface area (TPSA) is 67.3 Å². The lowest BCUT2D eigenvalue weighted by Crippen LogP contribution is -2.64. The number of anilines is 1. The molecule has 1 aliphatic heterocycles. The lowest BCUT2D eigenvalue weighted by atomic mass is 9.73. The van der Waals surface area contributed by atoms with Crippen molar-refractivity contribution in [3.63, 3.8) is 0 Å². The second-order valence-corrected chi connectivity index (χ2v) is 8.02. The minimum atomic E-state index is -0.473. The summed E-state index contributed by atoms with van der Waals surface area (Å²) in [5.74, 6) is 1.75. The molecule has 0 radical (unpaired) electrons. The van der Waals surface area contributed by atoms with Crippen LogP contribution in [-0.2, 0) is 11.2 Å². The van der Waals surface area contributed by atoms with E-state index in [-0.39, 0.29) is 5.91 Å². The highest BCUT2D eigenvalue weighted by Crippen LogP contribution is 2.37. The molecule has 6 heteroatoms. The molecule has 1 amide bonds. The van der Waals surface area contributed by atoms with E-state index >= 15 is 0 Å². The van der Waals surface area contributed by atoms with E-state index in [9.17, 15) is 4.79 Å². The number of hydrogen-bond acceptors (Lipinski definition) is 5. The molecule has 1 aromatic carbocycles. The predicted octanol–water partition coefficient (Wildman–Crippen LogP) is 3.15. The molecule has 2 heterocycles. The largest absolute Gasteiger partial charge is 0.497 e. The molecule has 29 heavy (non-hydrogen) atoms. The molecule has 0 spiro atoms. The molecule has 1 N–H and O–H groups in total. The lowest BCUT2D eigenvalue weighted by molar-refractivity contribution is -0.132. The van der Waals surface area contributed by atoms with Crippen LogP contribution < -0.4 is 15.0 Å². The summed E-state index contributed by atoms with van der Waals surface area (Å²) in [6.07, 6.45) is 12.7. The van der Waals surface area contributed by atoms with Gasteiger partial charge in [0.2, 0.25) is 5.91 Å². The number of ether oxygens (including phenoxy) is 1. The van der Waals surface area contributed by atoms with Crippen LogP contribution in [0.2, 0.25) is 0 Å². The van der Waals surface area contributed by atoms with Crippen LogP contribution in [0.5, 0.6) is 5.75 Å². The molecule has 0 bridgehead atoms. The zero-order chi connectivity index (χ0) is 20.1. The fourth-order valence-corrected chi connectivity index (χ4v) is 4.26. The van der Waals surface area contributed by atoms with E-state index in [1.165, 1.54) is 18.4 Å². The Bertz CT molecular complexity index is 875. The van der Waals surface area contributed by atoms with Crippen molar-refractivity contribution in [3.05, 3.63) is 60.1 Å². The third kappa shape index (κ3) is 4.42. The van der Waals surface area contributed by atoms with E-state index in [0.29, 0.717) is 26.1 Å². The Hall–Kier alpha value is -2.89. The van der Waals surface area contributed by atoms with Crippen molar-refractivity contribution in [1.29, 1.82) is 0 Å². The number of amides is 1. The van der Waals surface area contributed by atoms with Crippen molar-refractivity contribution in [2.45, 2.75) is 32.1 Å².